The summed E-state index contributed by atoms with van der Waals surface area (Å²) >= 11 is 0. The van der Waals surface area contributed by atoms with Crippen LogP contribution >= 0.6 is 7.82 Å². The minimum Gasteiger partial charge on any atom is -0.462 e. The van der Waals surface area contributed by atoms with Gasteiger partial charge in [-0.25, -0.2) is 4.57 Å². The number of phosphoric acid groups is 1. The summed E-state index contributed by atoms with van der Waals surface area (Å²) in [5, 5.41) is 0. The van der Waals surface area contributed by atoms with Crippen LogP contribution in [-0.4, -0.2) is 68.3 Å². The van der Waals surface area contributed by atoms with Crippen LogP contribution in [0.25, 0.3) is 0 Å². The lowest BCUT2D eigenvalue weighted by molar-refractivity contribution is -0.161. The van der Waals surface area contributed by atoms with Gasteiger partial charge in [-0.15, -0.1) is 0 Å². The summed E-state index contributed by atoms with van der Waals surface area (Å²) in [6, 6.07) is 0. The van der Waals surface area contributed by atoms with E-state index < -0.39 is 26.5 Å². The minimum atomic E-state index is -4.35. The van der Waals surface area contributed by atoms with Gasteiger partial charge >= 0.3 is 19.8 Å². The number of ether oxygens (including phenoxy) is 2. The standard InChI is InChI=1S/C46H92NO8P/c1-5-7-9-11-13-15-17-19-20-21-22-23-24-25-26-27-29-30-32-34-36-38-45(48)52-42-44(43-54-56(50,51)53-41-40-47(3)4)55-46(49)39-37-35-33-31-28-18-16-14-12-10-8-6-2/h44H,5-43H2,1-4H3,(H,50,51). The summed E-state index contributed by atoms with van der Waals surface area (Å²) in [7, 11) is -0.696. The maximum absolute atomic E-state index is 12.6. The van der Waals surface area contributed by atoms with Crippen molar-refractivity contribution in [2.45, 2.75) is 245 Å². The molecule has 56 heavy (non-hydrogen) atoms. The van der Waals surface area contributed by atoms with Crippen LogP contribution in [0.3, 0.4) is 0 Å². The van der Waals surface area contributed by atoms with Gasteiger partial charge in [0.2, 0.25) is 0 Å². The fraction of sp³-hybridized carbons (Fsp3) is 0.957. The number of unbranched alkanes of at least 4 members (excludes halogenated alkanes) is 31. The Bertz CT molecular complexity index is 904. The largest absolute Gasteiger partial charge is 0.472 e. The molecule has 0 fully saturated rings. The number of hydrogen-bond donors (Lipinski definition) is 1. The van der Waals surface area contributed by atoms with E-state index in [9.17, 15) is 19.0 Å². The number of likely N-dealkylation sites (N-methyl/N-ethyl adjacent to an activating group) is 1. The van der Waals surface area contributed by atoms with Crippen molar-refractivity contribution in [1.29, 1.82) is 0 Å². The number of hydrogen-bond acceptors (Lipinski definition) is 8. The average Bonchev–Trinajstić information content (AvgIpc) is 3.16. The van der Waals surface area contributed by atoms with E-state index in [1.807, 2.05) is 19.0 Å². The summed E-state index contributed by atoms with van der Waals surface area (Å²) in [5.74, 6) is -0.786. The molecule has 0 saturated heterocycles. The fourth-order valence-electron chi connectivity index (χ4n) is 6.98. The molecule has 0 aromatic heterocycles. The van der Waals surface area contributed by atoms with E-state index in [0.29, 0.717) is 13.0 Å². The van der Waals surface area contributed by atoms with E-state index in [0.717, 1.165) is 38.5 Å². The van der Waals surface area contributed by atoms with E-state index in [1.165, 1.54) is 173 Å². The summed E-state index contributed by atoms with van der Waals surface area (Å²) < 4.78 is 33.5. The first kappa shape index (κ1) is 55.0. The average molecular weight is 818 g/mol. The highest BCUT2D eigenvalue weighted by Gasteiger charge is 2.26. The smallest absolute Gasteiger partial charge is 0.462 e. The molecule has 334 valence electrons. The van der Waals surface area contributed by atoms with E-state index in [4.69, 9.17) is 18.5 Å². The number of esters is 2. The minimum absolute atomic E-state index is 0.0126. The molecule has 0 radical (unpaired) electrons. The Morgan fingerprint density at radius 2 is 0.804 bits per heavy atom. The van der Waals surface area contributed by atoms with Crippen molar-refractivity contribution >= 4 is 19.8 Å². The number of carbonyl (C=O) groups is 2. The maximum Gasteiger partial charge on any atom is 0.472 e. The van der Waals surface area contributed by atoms with Crippen LogP contribution in [0.4, 0.5) is 0 Å². The zero-order valence-electron chi connectivity index (χ0n) is 37.4. The number of phosphoric ester groups is 1. The predicted molar refractivity (Wildman–Crippen MR) is 234 cm³/mol. The molecule has 0 aliphatic heterocycles. The van der Waals surface area contributed by atoms with Gasteiger partial charge in [0, 0.05) is 19.4 Å². The summed E-state index contributed by atoms with van der Waals surface area (Å²) in [4.78, 5) is 37.1. The normalized spacial score (nSPS) is 13.2. The topological polar surface area (TPSA) is 112 Å². The van der Waals surface area contributed by atoms with Crippen LogP contribution in [0.5, 0.6) is 0 Å². The molecule has 0 bridgehead atoms. The first-order valence-corrected chi connectivity index (χ1v) is 25.3. The van der Waals surface area contributed by atoms with Crippen molar-refractivity contribution in [1.82, 2.24) is 4.90 Å². The molecule has 9 nitrogen and oxygen atoms in total. The van der Waals surface area contributed by atoms with Crippen LogP contribution in [0.15, 0.2) is 0 Å². The van der Waals surface area contributed by atoms with Gasteiger partial charge in [-0.05, 0) is 26.9 Å². The highest BCUT2D eigenvalue weighted by molar-refractivity contribution is 7.47. The molecule has 2 unspecified atom stereocenters. The van der Waals surface area contributed by atoms with E-state index in [1.54, 1.807) is 0 Å². The van der Waals surface area contributed by atoms with Crippen molar-refractivity contribution in [3.8, 4) is 0 Å². The molecule has 0 rings (SSSR count). The third kappa shape index (κ3) is 42.6. The molecule has 0 aliphatic carbocycles. The molecule has 0 aromatic rings. The second-order valence-electron chi connectivity index (χ2n) is 16.7. The number of rotatable bonds is 45. The van der Waals surface area contributed by atoms with Gasteiger partial charge in [0.1, 0.15) is 6.61 Å². The van der Waals surface area contributed by atoms with Gasteiger partial charge in [-0.1, -0.05) is 213 Å². The number of nitrogens with zero attached hydrogens (tertiary/aromatic N) is 1. The molecular formula is C46H92NO8P. The Labute approximate surface area is 346 Å². The van der Waals surface area contributed by atoms with Crippen LogP contribution < -0.4 is 0 Å². The Balaban J connectivity index is 4.11. The molecule has 2 atom stereocenters. The van der Waals surface area contributed by atoms with Crippen LogP contribution in [-0.2, 0) is 32.7 Å². The fourth-order valence-corrected chi connectivity index (χ4v) is 7.73. The van der Waals surface area contributed by atoms with E-state index in [2.05, 4.69) is 13.8 Å². The molecule has 0 aromatic carbocycles. The van der Waals surface area contributed by atoms with Crippen molar-refractivity contribution in [2.24, 2.45) is 0 Å². The Hall–Kier alpha value is -0.990. The zero-order chi connectivity index (χ0) is 41.2. The highest BCUT2D eigenvalue weighted by atomic mass is 31.2. The summed E-state index contributed by atoms with van der Waals surface area (Å²) in [6.07, 6.45) is 41.5. The molecule has 10 heteroatoms. The lowest BCUT2D eigenvalue weighted by Gasteiger charge is -2.20. The first-order chi connectivity index (χ1) is 27.2. The first-order valence-electron chi connectivity index (χ1n) is 23.8. The monoisotopic (exact) mass is 818 g/mol. The Morgan fingerprint density at radius 1 is 0.482 bits per heavy atom. The third-order valence-electron chi connectivity index (χ3n) is 10.7. The van der Waals surface area contributed by atoms with Gasteiger partial charge < -0.3 is 19.3 Å². The highest BCUT2D eigenvalue weighted by Crippen LogP contribution is 2.43. The van der Waals surface area contributed by atoms with Gasteiger partial charge in [0.25, 0.3) is 0 Å². The maximum atomic E-state index is 12.6. The second-order valence-corrected chi connectivity index (χ2v) is 18.1. The lowest BCUT2D eigenvalue weighted by atomic mass is 10.0. The predicted octanol–water partition coefficient (Wildman–Crippen LogP) is 13.8. The third-order valence-corrected chi connectivity index (χ3v) is 11.6. The quantitative estimate of drug-likeness (QED) is 0.0365. The van der Waals surface area contributed by atoms with Crippen molar-refractivity contribution in [3.63, 3.8) is 0 Å². The van der Waals surface area contributed by atoms with E-state index >= 15 is 0 Å². The van der Waals surface area contributed by atoms with Crippen molar-refractivity contribution in [3.05, 3.63) is 0 Å². The van der Waals surface area contributed by atoms with Crippen LogP contribution in [0, 0.1) is 0 Å². The van der Waals surface area contributed by atoms with Gasteiger partial charge in [0.05, 0.1) is 13.2 Å². The Kier molecular flexibility index (Phi) is 41.4. The van der Waals surface area contributed by atoms with Crippen molar-refractivity contribution < 1.29 is 37.6 Å². The van der Waals surface area contributed by atoms with Gasteiger partial charge in [-0.3, -0.25) is 18.6 Å². The van der Waals surface area contributed by atoms with Crippen LogP contribution in [0.1, 0.15) is 239 Å². The molecule has 0 spiro atoms. The SMILES string of the molecule is CCCCCCCCCCCCCCCCCCCCCCCC(=O)OCC(COP(=O)(O)OCCN(C)C)OC(=O)CCCCCCCCCCCCCC. The lowest BCUT2D eigenvalue weighted by Crippen LogP contribution is -2.29. The second kappa shape index (κ2) is 42.1. The van der Waals surface area contributed by atoms with Crippen LogP contribution in [0.2, 0.25) is 0 Å². The zero-order valence-corrected chi connectivity index (χ0v) is 38.2. The molecule has 0 saturated carbocycles. The number of carbonyl (C=O) groups excluding carboxylic acids is 2. The molecular weight excluding hydrogens is 725 g/mol. The van der Waals surface area contributed by atoms with E-state index in [-0.39, 0.29) is 25.6 Å². The summed E-state index contributed by atoms with van der Waals surface area (Å²) in [5.41, 5.74) is 0. The molecule has 0 heterocycles. The molecule has 0 aliphatic rings. The molecule has 0 amide bonds. The summed E-state index contributed by atoms with van der Waals surface area (Å²) in [6.45, 7) is 4.37. The Morgan fingerprint density at radius 3 is 1.14 bits per heavy atom. The van der Waals surface area contributed by atoms with Crippen molar-refractivity contribution in [2.75, 3.05) is 40.5 Å². The molecule has 1 N–H and O–H groups in total. The van der Waals surface area contributed by atoms with Gasteiger partial charge in [0.15, 0.2) is 6.10 Å². The van der Waals surface area contributed by atoms with Gasteiger partial charge in [-0.2, -0.15) is 0 Å².